The molecule has 1 fully saturated rings. The van der Waals surface area contributed by atoms with Crippen LogP contribution in [0.2, 0.25) is 0 Å². The number of hydrogen-bond acceptors (Lipinski definition) is 6. The summed E-state index contributed by atoms with van der Waals surface area (Å²) in [6.07, 6.45) is 2.12. The Morgan fingerprint density at radius 2 is 1.71 bits per heavy atom. The van der Waals surface area contributed by atoms with Gasteiger partial charge in [-0.05, 0) is 61.7 Å². The van der Waals surface area contributed by atoms with Gasteiger partial charge >= 0.3 is 0 Å². The molecule has 0 saturated heterocycles. The largest absolute Gasteiger partial charge is 0.349 e. The number of nitrogens with one attached hydrogen (secondary N) is 1. The predicted molar refractivity (Wildman–Crippen MR) is 135 cm³/mol. The number of rotatable bonds is 8. The van der Waals surface area contributed by atoms with E-state index in [0.29, 0.717) is 28.3 Å². The predicted octanol–water partition coefficient (Wildman–Crippen LogP) is 5.34. The molecule has 1 aliphatic carbocycles. The van der Waals surface area contributed by atoms with Gasteiger partial charge in [-0.2, -0.15) is 0 Å². The average molecular weight is 486 g/mol. The lowest BCUT2D eigenvalue weighted by Crippen LogP contribution is -2.25. The molecule has 0 radical (unpaired) electrons. The highest BCUT2D eigenvalue weighted by Crippen LogP contribution is 2.31. The maximum Gasteiger partial charge on any atom is 0.269 e. The molecule has 8 nitrogen and oxygen atoms in total. The quantitative estimate of drug-likeness (QED) is 0.205. The van der Waals surface area contributed by atoms with E-state index >= 15 is 0 Å². The molecule has 0 spiro atoms. The smallest absolute Gasteiger partial charge is 0.269 e. The molecule has 4 aromatic rings. The molecule has 3 aromatic carbocycles. The summed E-state index contributed by atoms with van der Waals surface area (Å²) in [6.45, 7) is 2.03. The summed E-state index contributed by atoms with van der Waals surface area (Å²) in [4.78, 5) is 22.9. The second-order valence-electron chi connectivity index (χ2n) is 8.51. The van der Waals surface area contributed by atoms with Crippen molar-refractivity contribution < 1.29 is 9.72 Å². The van der Waals surface area contributed by atoms with Crippen molar-refractivity contribution in [3.05, 3.63) is 99.6 Å². The highest BCUT2D eigenvalue weighted by atomic mass is 32.2. The third-order valence-corrected chi connectivity index (χ3v) is 6.76. The molecule has 0 unspecified atom stereocenters. The van der Waals surface area contributed by atoms with E-state index in [4.69, 9.17) is 0 Å². The number of non-ortho nitro benzene ring substituents is 1. The maximum absolute atomic E-state index is 12.2. The van der Waals surface area contributed by atoms with Crippen LogP contribution in [0, 0.1) is 17.0 Å². The third-order valence-electron chi connectivity index (χ3n) is 5.76. The summed E-state index contributed by atoms with van der Waals surface area (Å²) in [7, 11) is 0. The summed E-state index contributed by atoms with van der Waals surface area (Å²) < 4.78 is 1.96. The van der Waals surface area contributed by atoms with Crippen molar-refractivity contribution in [3.63, 3.8) is 0 Å². The van der Waals surface area contributed by atoms with Crippen LogP contribution in [-0.2, 0) is 5.75 Å². The van der Waals surface area contributed by atoms with Crippen molar-refractivity contribution in [2.45, 2.75) is 36.7 Å². The fourth-order valence-electron chi connectivity index (χ4n) is 3.61. The third kappa shape index (κ3) is 5.25. The van der Waals surface area contributed by atoms with Crippen LogP contribution in [0.1, 0.15) is 34.3 Å². The minimum atomic E-state index is -0.420. The molecule has 1 N–H and O–H groups in total. The Bertz CT molecular complexity index is 1360. The van der Waals surface area contributed by atoms with Crippen molar-refractivity contribution in [1.29, 1.82) is 0 Å². The van der Waals surface area contributed by atoms with Crippen LogP contribution in [0.5, 0.6) is 0 Å². The van der Waals surface area contributed by atoms with Crippen molar-refractivity contribution in [2.24, 2.45) is 0 Å². The fraction of sp³-hybridized carbons (Fsp3) is 0.192. The van der Waals surface area contributed by atoms with Crippen LogP contribution in [0.25, 0.3) is 17.1 Å². The SMILES string of the molecule is Cc1ccc(-n2c(SCc3ccc(C(=O)NC4CC4)cc3)nnc2-c2ccc([N+](=O)[O-])cc2)cc1. The number of benzene rings is 3. The molecule has 5 rings (SSSR count). The van der Waals surface area contributed by atoms with E-state index in [-0.39, 0.29) is 11.6 Å². The minimum Gasteiger partial charge on any atom is -0.349 e. The Kier molecular flexibility index (Phi) is 6.33. The van der Waals surface area contributed by atoms with Crippen molar-refractivity contribution in [1.82, 2.24) is 20.1 Å². The number of aromatic nitrogens is 3. The molecular formula is C26H23N5O3S. The molecule has 1 heterocycles. The number of aryl methyl sites for hydroxylation is 1. The standard InChI is InChI=1S/C26H23N5O3S/c1-17-2-12-22(13-3-17)30-24(19-8-14-23(15-9-19)31(33)34)28-29-26(30)35-16-18-4-6-20(7-5-18)25(32)27-21-10-11-21/h2-9,12-15,21H,10-11,16H2,1H3,(H,27,32). The fourth-order valence-corrected chi connectivity index (χ4v) is 4.51. The Morgan fingerprint density at radius 3 is 2.34 bits per heavy atom. The van der Waals surface area contributed by atoms with Crippen LogP contribution >= 0.6 is 11.8 Å². The zero-order valence-electron chi connectivity index (χ0n) is 19.0. The molecule has 1 amide bonds. The first kappa shape index (κ1) is 22.8. The molecule has 0 aliphatic heterocycles. The van der Waals surface area contributed by atoms with E-state index in [9.17, 15) is 14.9 Å². The van der Waals surface area contributed by atoms with Gasteiger partial charge in [-0.1, -0.05) is 41.6 Å². The summed E-state index contributed by atoms with van der Waals surface area (Å²) in [5.74, 6) is 1.23. The lowest BCUT2D eigenvalue weighted by Gasteiger charge is -2.11. The van der Waals surface area contributed by atoms with Gasteiger partial charge in [-0.25, -0.2) is 0 Å². The van der Waals surface area contributed by atoms with Crippen LogP contribution in [0.4, 0.5) is 5.69 Å². The van der Waals surface area contributed by atoms with Crippen LogP contribution in [0.15, 0.2) is 78.0 Å². The summed E-state index contributed by atoms with van der Waals surface area (Å²) in [6, 6.07) is 22.3. The Morgan fingerprint density at radius 1 is 1.03 bits per heavy atom. The normalized spacial score (nSPS) is 12.9. The Labute approximate surface area is 206 Å². The molecule has 176 valence electrons. The van der Waals surface area contributed by atoms with Crippen molar-refractivity contribution in [2.75, 3.05) is 0 Å². The summed E-state index contributed by atoms with van der Waals surface area (Å²) >= 11 is 1.54. The average Bonchev–Trinajstić information content (AvgIpc) is 3.59. The highest BCUT2D eigenvalue weighted by molar-refractivity contribution is 7.98. The molecule has 0 bridgehead atoms. The molecule has 1 saturated carbocycles. The zero-order valence-corrected chi connectivity index (χ0v) is 19.9. The molecule has 0 atom stereocenters. The van der Waals surface area contributed by atoms with E-state index < -0.39 is 4.92 Å². The summed E-state index contributed by atoms with van der Waals surface area (Å²) in [5, 5.41) is 23.6. The highest BCUT2D eigenvalue weighted by Gasteiger charge is 2.23. The van der Waals surface area contributed by atoms with Gasteiger partial charge in [0.1, 0.15) is 0 Å². The van der Waals surface area contributed by atoms with Gasteiger partial charge in [0.05, 0.1) is 4.92 Å². The van der Waals surface area contributed by atoms with Crippen LogP contribution in [-0.4, -0.2) is 31.6 Å². The number of amides is 1. The number of hydrogen-bond donors (Lipinski definition) is 1. The van der Waals surface area contributed by atoms with Gasteiger partial charge in [0.25, 0.3) is 11.6 Å². The first-order valence-corrected chi connectivity index (χ1v) is 12.3. The monoisotopic (exact) mass is 485 g/mol. The first-order chi connectivity index (χ1) is 17.0. The van der Waals surface area contributed by atoms with E-state index in [1.807, 2.05) is 60.0 Å². The van der Waals surface area contributed by atoms with Gasteiger partial charge in [-0.3, -0.25) is 19.5 Å². The maximum atomic E-state index is 12.2. The molecule has 1 aliphatic rings. The lowest BCUT2D eigenvalue weighted by atomic mass is 10.1. The first-order valence-electron chi connectivity index (χ1n) is 11.3. The molecular weight excluding hydrogens is 462 g/mol. The van der Waals surface area contributed by atoms with Crippen molar-refractivity contribution in [3.8, 4) is 17.1 Å². The lowest BCUT2D eigenvalue weighted by molar-refractivity contribution is -0.384. The second kappa shape index (κ2) is 9.71. The number of carbonyl (C=O) groups is 1. The number of nitrogens with zero attached hydrogens (tertiary/aromatic N) is 4. The van der Waals surface area contributed by atoms with Gasteiger partial charge in [0, 0.05) is 40.7 Å². The van der Waals surface area contributed by atoms with E-state index in [0.717, 1.165) is 35.2 Å². The van der Waals surface area contributed by atoms with Gasteiger partial charge in [0.15, 0.2) is 11.0 Å². The molecule has 1 aromatic heterocycles. The molecule has 35 heavy (non-hydrogen) atoms. The van der Waals surface area contributed by atoms with Gasteiger partial charge in [-0.15, -0.1) is 10.2 Å². The van der Waals surface area contributed by atoms with Crippen molar-refractivity contribution >= 4 is 23.4 Å². The van der Waals surface area contributed by atoms with E-state index in [2.05, 4.69) is 15.5 Å². The number of carbonyl (C=O) groups excluding carboxylic acids is 1. The summed E-state index contributed by atoms with van der Waals surface area (Å²) in [5.41, 5.74) is 4.53. The Hall–Kier alpha value is -3.98. The second-order valence-corrected chi connectivity index (χ2v) is 9.46. The zero-order chi connectivity index (χ0) is 24.4. The van der Waals surface area contributed by atoms with E-state index in [1.54, 1.807) is 12.1 Å². The number of nitro groups is 1. The van der Waals surface area contributed by atoms with Crippen LogP contribution < -0.4 is 5.32 Å². The van der Waals surface area contributed by atoms with Crippen LogP contribution in [0.3, 0.4) is 0 Å². The topological polar surface area (TPSA) is 103 Å². The van der Waals surface area contributed by atoms with E-state index in [1.165, 1.54) is 23.9 Å². The van der Waals surface area contributed by atoms with Gasteiger partial charge in [0.2, 0.25) is 0 Å². The Balaban J connectivity index is 1.39. The van der Waals surface area contributed by atoms with Gasteiger partial charge < -0.3 is 5.32 Å². The number of nitro benzene ring substituents is 1. The molecule has 9 heteroatoms. The minimum absolute atomic E-state index is 0.0269. The number of thioether (sulfide) groups is 1.